The highest BCUT2D eigenvalue weighted by molar-refractivity contribution is 5.83. The Morgan fingerprint density at radius 2 is 1.90 bits per heavy atom. The topological polar surface area (TPSA) is 69.6 Å². The van der Waals surface area contributed by atoms with Crippen LogP contribution in [0.5, 0.6) is 0 Å². The van der Waals surface area contributed by atoms with Gasteiger partial charge in [-0.15, -0.1) is 0 Å². The quantitative estimate of drug-likeness (QED) is 0.876. The Hall–Kier alpha value is -2.04. The van der Waals surface area contributed by atoms with Gasteiger partial charge in [-0.25, -0.2) is 9.59 Å². The molecule has 5 heteroatoms. The first-order valence-corrected chi connectivity index (χ1v) is 7.37. The van der Waals surface area contributed by atoms with E-state index in [4.69, 9.17) is 0 Å². The van der Waals surface area contributed by atoms with Crippen LogP contribution in [-0.2, 0) is 4.79 Å². The van der Waals surface area contributed by atoms with Gasteiger partial charge in [0.25, 0.3) is 0 Å². The van der Waals surface area contributed by atoms with Crippen LogP contribution in [0.4, 0.5) is 4.79 Å². The molecule has 0 aliphatic heterocycles. The summed E-state index contributed by atoms with van der Waals surface area (Å²) in [7, 11) is 1.72. The maximum absolute atomic E-state index is 12.2. The maximum atomic E-state index is 12.2. The minimum atomic E-state index is -1.05. The SMILES string of the molecule is CN(CC1CCCC1)C(=O)NC(C(=O)O)c1ccccc1. The molecular formula is C16H22N2O3. The number of carboxylic acids is 1. The van der Waals surface area contributed by atoms with Crippen LogP contribution in [0.2, 0.25) is 0 Å². The van der Waals surface area contributed by atoms with E-state index in [1.807, 2.05) is 6.07 Å². The maximum Gasteiger partial charge on any atom is 0.330 e. The summed E-state index contributed by atoms with van der Waals surface area (Å²) in [6, 6.07) is 7.41. The molecule has 5 nitrogen and oxygen atoms in total. The zero-order valence-electron chi connectivity index (χ0n) is 12.3. The molecular weight excluding hydrogens is 268 g/mol. The number of rotatable bonds is 5. The Balaban J connectivity index is 1.96. The van der Waals surface area contributed by atoms with Gasteiger partial charge in [-0.2, -0.15) is 0 Å². The van der Waals surface area contributed by atoms with Crippen molar-refractivity contribution >= 4 is 12.0 Å². The summed E-state index contributed by atoms with van der Waals surface area (Å²) in [5.41, 5.74) is 0.576. The van der Waals surface area contributed by atoms with E-state index in [-0.39, 0.29) is 6.03 Å². The number of aliphatic carboxylic acids is 1. The fraction of sp³-hybridized carbons (Fsp3) is 0.500. The molecule has 21 heavy (non-hydrogen) atoms. The van der Waals surface area contributed by atoms with Crippen LogP contribution >= 0.6 is 0 Å². The van der Waals surface area contributed by atoms with Crippen LogP contribution in [0.1, 0.15) is 37.3 Å². The van der Waals surface area contributed by atoms with E-state index < -0.39 is 12.0 Å². The van der Waals surface area contributed by atoms with Crippen LogP contribution in [0, 0.1) is 5.92 Å². The number of benzene rings is 1. The highest BCUT2D eigenvalue weighted by Gasteiger charge is 2.25. The smallest absolute Gasteiger partial charge is 0.330 e. The van der Waals surface area contributed by atoms with E-state index in [1.165, 1.54) is 12.8 Å². The first-order chi connectivity index (χ1) is 10.1. The first kappa shape index (κ1) is 15.4. The first-order valence-electron chi connectivity index (χ1n) is 7.37. The predicted molar refractivity (Wildman–Crippen MR) is 79.9 cm³/mol. The third kappa shape index (κ3) is 4.21. The molecule has 1 aromatic carbocycles. The van der Waals surface area contributed by atoms with Crippen molar-refractivity contribution in [3.8, 4) is 0 Å². The monoisotopic (exact) mass is 290 g/mol. The summed E-state index contributed by atoms with van der Waals surface area (Å²) < 4.78 is 0. The second-order valence-electron chi connectivity index (χ2n) is 5.66. The third-order valence-electron chi connectivity index (χ3n) is 4.00. The van der Waals surface area contributed by atoms with Crippen molar-refractivity contribution in [1.82, 2.24) is 10.2 Å². The number of nitrogens with zero attached hydrogens (tertiary/aromatic N) is 1. The van der Waals surface area contributed by atoms with Gasteiger partial charge in [-0.05, 0) is 24.3 Å². The molecule has 2 rings (SSSR count). The highest BCUT2D eigenvalue weighted by Crippen LogP contribution is 2.25. The van der Waals surface area contributed by atoms with E-state index in [1.54, 1.807) is 36.2 Å². The number of carbonyl (C=O) groups is 2. The van der Waals surface area contributed by atoms with Gasteiger partial charge in [-0.3, -0.25) is 0 Å². The molecule has 1 aromatic rings. The number of carbonyl (C=O) groups excluding carboxylic acids is 1. The van der Waals surface area contributed by atoms with Gasteiger partial charge in [0, 0.05) is 13.6 Å². The molecule has 1 aliphatic rings. The molecule has 0 spiro atoms. The molecule has 114 valence electrons. The Kier molecular flexibility index (Phi) is 5.20. The fourth-order valence-electron chi connectivity index (χ4n) is 2.83. The average Bonchev–Trinajstić information content (AvgIpc) is 2.98. The van der Waals surface area contributed by atoms with Crippen molar-refractivity contribution < 1.29 is 14.7 Å². The molecule has 2 N–H and O–H groups in total. The summed E-state index contributed by atoms with van der Waals surface area (Å²) in [4.78, 5) is 25.1. The Morgan fingerprint density at radius 1 is 1.29 bits per heavy atom. The molecule has 1 fully saturated rings. The number of hydrogen-bond donors (Lipinski definition) is 2. The van der Waals surface area contributed by atoms with Crippen LogP contribution in [-0.4, -0.2) is 35.6 Å². The molecule has 1 saturated carbocycles. The molecule has 0 saturated heterocycles. The number of urea groups is 1. The van der Waals surface area contributed by atoms with Crippen molar-refractivity contribution in [3.63, 3.8) is 0 Å². The van der Waals surface area contributed by atoms with Crippen LogP contribution < -0.4 is 5.32 Å². The molecule has 0 radical (unpaired) electrons. The Bertz CT molecular complexity index is 484. The second kappa shape index (κ2) is 7.11. The minimum absolute atomic E-state index is 0.335. The average molecular weight is 290 g/mol. The van der Waals surface area contributed by atoms with E-state index in [9.17, 15) is 14.7 Å². The second-order valence-corrected chi connectivity index (χ2v) is 5.66. The van der Waals surface area contributed by atoms with Crippen molar-refractivity contribution in [2.75, 3.05) is 13.6 Å². The van der Waals surface area contributed by atoms with E-state index >= 15 is 0 Å². The van der Waals surface area contributed by atoms with Crippen molar-refractivity contribution in [3.05, 3.63) is 35.9 Å². The van der Waals surface area contributed by atoms with Gasteiger partial charge in [0.15, 0.2) is 6.04 Å². The zero-order chi connectivity index (χ0) is 15.2. The minimum Gasteiger partial charge on any atom is -0.479 e. The van der Waals surface area contributed by atoms with Crippen molar-refractivity contribution in [2.24, 2.45) is 5.92 Å². The summed E-state index contributed by atoms with van der Waals surface area (Å²) in [6.07, 6.45) is 4.75. The normalized spacial score (nSPS) is 16.4. The number of nitrogens with one attached hydrogen (secondary N) is 1. The number of hydrogen-bond acceptors (Lipinski definition) is 2. The van der Waals surface area contributed by atoms with Gasteiger partial charge in [0.2, 0.25) is 0 Å². The lowest BCUT2D eigenvalue weighted by molar-refractivity contribution is -0.139. The van der Waals surface area contributed by atoms with Crippen LogP contribution in [0.25, 0.3) is 0 Å². The van der Waals surface area contributed by atoms with Gasteiger partial charge in [-0.1, -0.05) is 43.2 Å². The lowest BCUT2D eigenvalue weighted by atomic mass is 10.1. The van der Waals surface area contributed by atoms with Crippen LogP contribution in [0.15, 0.2) is 30.3 Å². The summed E-state index contributed by atoms with van der Waals surface area (Å²) >= 11 is 0. The highest BCUT2D eigenvalue weighted by atomic mass is 16.4. The molecule has 0 aromatic heterocycles. The summed E-state index contributed by atoms with van der Waals surface area (Å²) in [5, 5.41) is 11.9. The molecule has 0 heterocycles. The molecule has 1 atom stereocenters. The van der Waals surface area contributed by atoms with E-state index in [2.05, 4.69) is 5.32 Å². The summed E-state index contributed by atoms with van der Waals surface area (Å²) in [6.45, 7) is 0.687. The molecule has 0 bridgehead atoms. The molecule has 2 amide bonds. The number of carboxylic acid groups (broad SMARTS) is 1. The van der Waals surface area contributed by atoms with E-state index in [0.29, 0.717) is 18.0 Å². The number of amides is 2. The lowest BCUT2D eigenvalue weighted by Crippen LogP contribution is -2.43. The molecule has 1 unspecified atom stereocenters. The zero-order valence-corrected chi connectivity index (χ0v) is 12.3. The van der Waals surface area contributed by atoms with Crippen molar-refractivity contribution in [1.29, 1.82) is 0 Å². The Labute approximate surface area is 125 Å². The molecule has 1 aliphatic carbocycles. The van der Waals surface area contributed by atoms with Gasteiger partial charge in [0.05, 0.1) is 0 Å². The van der Waals surface area contributed by atoms with Gasteiger partial charge >= 0.3 is 12.0 Å². The van der Waals surface area contributed by atoms with E-state index in [0.717, 1.165) is 12.8 Å². The summed E-state index contributed by atoms with van der Waals surface area (Å²) in [5.74, 6) is -0.510. The lowest BCUT2D eigenvalue weighted by Gasteiger charge is -2.24. The van der Waals surface area contributed by atoms with Crippen molar-refractivity contribution in [2.45, 2.75) is 31.7 Å². The largest absolute Gasteiger partial charge is 0.479 e. The fourth-order valence-corrected chi connectivity index (χ4v) is 2.83. The van der Waals surface area contributed by atoms with Gasteiger partial charge in [0.1, 0.15) is 0 Å². The third-order valence-corrected chi connectivity index (χ3v) is 4.00. The van der Waals surface area contributed by atoms with Crippen LogP contribution in [0.3, 0.4) is 0 Å². The van der Waals surface area contributed by atoms with Gasteiger partial charge < -0.3 is 15.3 Å². The Morgan fingerprint density at radius 3 is 2.48 bits per heavy atom. The standard InChI is InChI=1S/C16H22N2O3/c1-18(11-12-7-5-6-8-12)16(21)17-14(15(19)20)13-9-3-2-4-10-13/h2-4,9-10,12,14H,5-8,11H2,1H3,(H,17,21)(H,19,20). The predicted octanol–water partition coefficient (Wildman–Crippen LogP) is 2.64.